The molecule has 0 spiro atoms. The van der Waals surface area contributed by atoms with Crippen LogP contribution >= 0.6 is 0 Å². The molecule has 0 saturated heterocycles. The summed E-state index contributed by atoms with van der Waals surface area (Å²) in [4.78, 5) is 24.7. The summed E-state index contributed by atoms with van der Waals surface area (Å²) in [5.74, 6) is 0.0123. The summed E-state index contributed by atoms with van der Waals surface area (Å²) in [5, 5.41) is 0.864. The average molecular weight is 342 g/mol. The fourth-order valence-corrected chi connectivity index (χ4v) is 2.90. The van der Waals surface area contributed by atoms with Crippen molar-refractivity contribution in [2.45, 2.75) is 6.54 Å². The van der Waals surface area contributed by atoms with Crippen LogP contribution in [0.5, 0.6) is 0 Å². The molecule has 0 radical (unpaired) electrons. The van der Waals surface area contributed by atoms with Gasteiger partial charge in [-0.15, -0.1) is 0 Å². The lowest BCUT2D eigenvalue weighted by atomic mass is 10.0. The van der Waals surface area contributed by atoms with Crippen molar-refractivity contribution in [3.63, 3.8) is 0 Å². The Kier molecular flexibility index (Phi) is 4.15. The van der Waals surface area contributed by atoms with Crippen LogP contribution in [0.3, 0.4) is 0 Å². The lowest BCUT2D eigenvalue weighted by Crippen LogP contribution is -2.36. The van der Waals surface area contributed by atoms with Crippen LogP contribution in [0.4, 0.5) is 0 Å². The summed E-state index contributed by atoms with van der Waals surface area (Å²) < 4.78 is 7.21. The Hall–Kier alpha value is -3.53. The summed E-state index contributed by atoms with van der Waals surface area (Å²) in [7, 11) is 0. The minimum atomic E-state index is -0.386. The molecule has 4 rings (SSSR count). The Morgan fingerprint density at radius 2 is 1.62 bits per heavy atom. The number of fused-ring (bicyclic) bond motifs is 1. The number of nitrogens with zero attached hydrogens (tertiary/aromatic N) is 1. The average Bonchev–Trinajstić information content (AvgIpc) is 2.68. The summed E-state index contributed by atoms with van der Waals surface area (Å²) in [6.45, 7) is 0.276. The molecule has 2 aromatic carbocycles. The van der Waals surface area contributed by atoms with E-state index in [1.54, 1.807) is 30.3 Å². The van der Waals surface area contributed by atoms with Crippen LogP contribution in [-0.4, -0.2) is 5.78 Å². The van der Waals surface area contributed by atoms with E-state index in [4.69, 9.17) is 4.42 Å². The van der Waals surface area contributed by atoms with Crippen molar-refractivity contribution < 1.29 is 13.8 Å². The molecule has 0 aliphatic rings. The number of carbonyl (C=O) groups is 1. The topological polar surface area (TPSA) is 51.2 Å². The van der Waals surface area contributed by atoms with Gasteiger partial charge in [0.05, 0.1) is 5.56 Å². The molecule has 0 unspecified atom stereocenters. The van der Waals surface area contributed by atoms with Crippen LogP contribution in [0.1, 0.15) is 10.4 Å². The van der Waals surface area contributed by atoms with Gasteiger partial charge in [0.25, 0.3) is 0 Å². The highest BCUT2D eigenvalue weighted by Gasteiger charge is 2.13. The normalized spacial score (nSPS) is 10.8. The van der Waals surface area contributed by atoms with Gasteiger partial charge >= 0.3 is 5.63 Å². The molecule has 2 heterocycles. The molecule has 4 heteroatoms. The van der Waals surface area contributed by atoms with Crippen LogP contribution in [0.15, 0.2) is 94.4 Å². The van der Waals surface area contributed by atoms with E-state index in [0.29, 0.717) is 16.7 Å². The van der Waals surface area contributed by atoms with Gasteiger partial charge in [-0.25, -0.2) is 4.79 Å². The molecule has 0 fully saturated rings. The van der Waals surface area contributed by atoms with Gasteiger partial charge in [0.15, 0.2) is 12.4 Å². The molecule has 0 aliphatic carbocycles. The van der Waals surface area contributed by atoms with Crippen molar-refractivity contribution in [1.29, 1.82) is 0 Å². The number of carbonyl (C=O) groups excluding carboxylic acids is 1. The summed E-state index contributed by atoms with van der Waals surface area (Å²) >= 11 is 0. The number of pyridine rings is 1. The Morgan fingerprint density at radius 3 is 2.38 bits per heavy atom. The summed E-state index contributed by atoms with van der Waals surface area (Å²) in [5.41, 5.74) is 2.00. The summed E-state index contributed by atoms with van der Waals surface area (Å²) in [6, 6.07) is 21.9. The standard InChI is InChI=1S/C22H16NO3/c24-20(15-23-12-4-1-5-13-23)17-10-8-16(9-11-17)19-14-18-6-2-3-7-21(18)26-22(19)25/h1-14H,15H2/q+1. The first kappa shape index (κ1) is 16.0. The van der Waals surface area contributed by atoms with E-state index in [1.807, 2.05) is 59.4 Å². The number of benzene rings is 2. The first-order valence-corrected chi connectivity index (χ1v) is 8.31. The number of ketones is 1. The van der Waals surface area contributed by atoms with Gasteiger partial charge < -0.3 is 4.42 Å². The monoisotopic (exact) mass is 342 g/mol. The van der Waals surface area contributed by atoms with Crippen LogP contribution in [-0.2, 0) is 6.54 Å². The maximum absolute atomic E-state index is 12.4. The van der Waals surface area contributed by atoms with Crippen LogP contribution in [0.2, 0.25) is 0 Å². The first-order valence-electron chi connectivity index (χ1n) is 8.31. The molecule has 126 valence electrons. The molecule has 0 bridgehead atoms. The van der Waals surface area contributed by atoms with Crippen molar-refractivity contribution in [2.24, 2.45) is 0 Å². The summed E-state index contributed by atoms with van der Waals surface area (Å²) in [6.07, 6.45) is 3.71. The fraction of sp³-hybridized carbons (Fsp3) is 0.0455. The molecule has 0 amide bonds. The zero-order chi connectivity index (χ0) is 17.9. The maximum atomic E-state index is 12.4. The van der Waals surface area contributed by atoms with Crippen LogP contribution in [0.25, 0.3) is 22.1 Å². The van der Waals surface area contributed by atoms with Crippen molar-refractivity contribution in [3.8, 4) is 11.1 Å². The van der Waals surface area contributed by atoms with Gasteiger partial charge in [0.2, 0.25) is 12.3 Å². The lowest BCUT2D eigenvalue weighted by Gasteiger charge is -2.04. The second-order valence-electron chi connectivity index (χ2n) is 6.03. The number of aromatic nitrogens is 1. The van der Waals surface area contributed by atoms with Crippen molar-refractivity contribution in [1.82, 2.24) is 0 Å². The molecule has 4 nitrogen and oxygen atoms in total. The fourth-order valence-electron chi connectivity index (χ4n) is 2.90. The molecule has 0 saturated carbocycles. The van der Waals surface area contributed by atoms with E-state index in [2.05, 4.69) is 0 Å². The van der Waals surface area contributed by atoms with E-state index >= 15 is 0 Å². The maximum Gasteiger partial charge on any atom is 0.344 e. The van der Waals surface area contributed by atoms with Crippen molar-refractivity contribution in [2.75, 3.05) is 0 Å². The SMILES string of the molecule is O=C(C[n+]1ccccc1)c1ccc(-c2cc3ccccc3oc2=O)cc1. The Morgan fingerprint density at radius 1 is 0.885 bits per heavy atom. The number of Topliss-reactive ketones (excluding diaryl/α,β-unsaturated/α-hetero) is 1. The number of para-hydroxylation sites is 1. The predicted octanol–water partition coefficient (Wildman–Crippen LogP) is 3.63. The zero-order valence-corrected chi connectivity index (χ0v) is 14.0. The second-order valence-corrected chi connectivity index (χ2v) is 6.03. The third kappa shape index (κ3) is 3.17. The van der Waals surface area contributed by atoms with Crippen LogP contribution in [0, 0.1) is 0 Å². The highest BCUT2D eigenvalue weighted by Crippen LogP contribution is 2.21. The third-order valence-electron chi connectivity index (χ3n) is 4.26. The van der Waals surface area contributed by atoms with Gasteiger partial charge in [0.1, 0.15) is 5.58 Å². The van der Waals surface area contributed by atoms with E-state index < -0.39 is 0 Å². The quantitative estimate of drug-likeness (QED) is 0.323. The largest absolute Gasteiger partial charge is 0.422 e. The van der Waals surface area contributed by atoms with Gasteiger partial charge in [-0.1, -0.05) is 48.5 Å². The van der Waals surface area contributed by atoms with E-state index in [9.17, 15) is 9.59 Å². The zero-order valence-electron chi connectivity index (χ0n) is 14.0. The van der Waals surface area contributed by atoms with E-state index in [0.717, 1.165) is 10.9 Å². The van der Waals surface area contributed by atoms with Gasteiger partial charge in [-0.3, -0.25) is 4.79 Å². The molecule has 0 aliphatic heterocycles. The molecular weight excluding hydrogens is 326 g/mol. The number of hydrogen-bond acceptors (Lipinski definition) is 3. The van der Waals surface area contributed by atoms with Gasteiger partial charge in [-0.05, 0) is 17.7 Å². The Bertz CT molecular complexity index is 1130. The third-order valence-corrected chi connectivity index (χ3v) is 4.26. The molecule has 2 aromatic heterocycles. The molecule has 4 aromatic rings. The molecular formula is C22H16NO3+. The predicted molar refractivity (Wildman–Crippen MR) is 98.9 cm³/mol. The number of hydrogen-bond donors (Lipinski definition) is 0. The highest BCUT2D eigenvalue weighted by molar-refractivity contribution is 5.95. The Balaban J connectivity index is 1.63. The number of rotatable bonds is 4. The highest BCUT2D eigenvalue weighted by atomic mass is 16.4. The van der Waals surface area contributed by atoms with Crippen molar-refractivity contribution >= 4 is 16.8 Å². The van der Waals surface area contributed by atoms with E-state index in [1.165, 1.54) is 0 Å². The lowest BCUT2D eigenvalue weighted by molar-refractivity contribution is -0.683. The van der Waals surface area contributed by atoms with Gasteiger partial charge in [0, 0.05) is 23.1 Å². The van der Waals surface area contributed by atoms with Gasteiger partial charge in [-0.2, -0.15) is 4.57 Å². The Labute approximate surface area is 150 Å². The first-order chi connectivity index (χ1) is 12.7. The molecule has 26 heavy (non-hydrogen) atoms. The van der Waals surface area contributed by atoms with E-state index in [-0.39, 0.29) is 18.0 Å². The van der Waals surface area contributed by atoms with Crippen LogP contribution < -0.4 is 10.2 Å². The molecule has 0 atom stereocenters. The second kappa shape index (κ2) is 6.76. The smallest absolute Gasteiger partial charge is 0.344 e. The molecule has 0 N–H and O–H groups in total. The van der Waals surface area contributed by atoms with Crippen molar-refractivity contribution in [3.05, 3.63) is 101 Å². The minimum Gasteiger partial charge on any atom is -0.422 e. The minimum absolute atomic E-state index is 0.0123.